The van der Waals surface area contributed by atoms with Crippen LogP contribution in [0.25, 0.3) is 0 Å². The summed E-state index contributed by atoms with van der Waals surface area (Å²) in [4.78, 5) is 14.9. The van der Waals surface area contributed by atoms with Gasteiger partial charge in [0.2, 0.25) is 0 Å². The van der Waals surface area contributed by atoms with Crippen LogP contribution in [-0.4, -0.2) is 31.1 Å². The molecule has 0 fully saturated rings. The number of fused-ring (bicyclic) bond motifs is 1. The van der Waals surface area contributed by atoms with E-state index in [1.165, 1.54) is 17.7 Å². The van der Waals surface area contributed by atoms with Crippen LogP contribution in [0, 0.1) is 5.82 Å². The van der Waals surface area contributed by atoms with E-state index in [-0.39, 0.29) is 11.7 Å². The van der Waals surface area contributed by atoms with Crippen molar-refractivity contribution < 1.29 is 18.7 Å². The van der Waals surface area contributed by atoms with Gasteiger partial charge in [0.1, 0.15) is 23.9 Å². The molecular weight excluding hydrogens is 395 g/mol. The lowest BCUT2D eigenvalue weighted by atomic mass is 10.1. The second-order valence-electron chi connectivity index (χ2n) is 7.54. The molecule has 0 aliphatic carbocycles. The van der Waals surface area contributed by atoms with Crippen molar-refractivity contribution in [2.75, 3.05) is 20.3 Å². The number of hydrogen-bond acceptors (Lipinski definition) is 4. The van der Waals surface area contributed by atoms with E-state index in [4.69, 9.17) is 9.47 Å². The summed E-state index contributed by atoms with van der Waals surface area (Å²) in [5.74, 6) is 1.19. The number of nitrogens with zero attached hydrogens (tertiary/aromatic N) is 1. The summed E-state index contributed by atoms with van der Waals surface area (Å²) >= 11 is 0. The predicted octanol–water partition coefficient (Wildman–Crippen LogP) is 4.16. The van der Waals surface area contributed by atoms with Crippen molar-refractivity contribution in [1.29, 1.82) is 0 Å². The number of halogens is 1. The van der Waals surface area contributed by atoms with Gasteiger partial charge < -0.3 is 14.8 Å². The van der Waals surface area contributed by atoms with Crippen LogP contribution in [0.1, 0.15) is 27.0 Å². The minimum atomic E-state index is -0.292. The van der Waals surface area contributed by atoms with Crippen LogP contribution in [-0.2, 0) is 19.6 Å². The lowest BCUT2D eigenvalue weighted by molar-refractivity contribution is 0.0950. The third kappa shape index (κ3) is 5.41. The maximum absolute atomic E-state index is 13.0. The third-order valence-electron chi connectivity index (χ3n) is 5.31. The molecule has 1 amide bonds. The fourth-order valence-corrected chi connectivity index (χ4v) is 3.60. The summed E-state index contributed by atoms with van der Waals surface area (Å²) in [5.41, 5.74) is 3.60. The first kappa shape index (κ1) is 20.9. The SMILES string of the molecule is COc1ccc(CN2CCOc3ccc(C(=O)NCc4ccc(F)cc4)cc3C2)cc1. The maximum atomic E-state index is 13.0. The summed E-state index contributed by atoms with van der Waals surface area (Å²) in [6.45, 7) is 3.22. The molecule has 0 unspecified atom stereocenters. The second kappa shape index (κ2) is 9.62. The molecule has 1 heterocycles. The molecule has 1 aliphatic heterocycles. The predicted molar refractivity (Wildman–Crippen MR) is 117 cm³/mol. The summed E-state index contributed by atoms with van der Waals surface area (Å²) in [6, 6.07) is 19.7. The molecule has 0 atom stereocenters. The van der Waals surface area contributed by atoms with Gasteiger partial charge >= 0.3 is 0 Å². The van der Waals surface area contributed by atoms with Gasteiger partial charge in [-0.05, 0) is 53.6 Å². The minimum Gasteiger partial charge on any atom is -0.497 e. The number of carbonyl (C=O) groups is 1. The van der Waals surface area contributed by atoms with E-state index in [0.29, 0.717) is 25.3 Å². The van der Waals surface area contributed by atoms with Gasteiger partial charge in [0, 0.05) is 37.3 Å². The summed E-state index contributed by atoms with van der Waals surface area (Å²) in [5, 5.41) is 2.89. The smallest absolute Gasteiger partial charge is 0.251 e. The summed E-state index contributed by atoms with van der Waals surface area (Å²) in [7, 11) is 1.66. The lowest BCUT2D eigenvalue weighted by Gasteiger charge is -2.19. The van der Waals surface area contributed by atoms with Crippen LogP contribution in [0.5, 0.6) is 11.5 Å². The van der Waals surface area contributed by atoms with Crippen molar-refractivity contribution in [3.63, 3.8) is 0 Å². The normalized spacial score (nSPS) is 13.6. The van der Waals surface area contributed by atoms with Gasteiger partial charge in [-0.25, -0.2) is 4.39 Å². The Morgan fingerprint density at radius 1 is 1.06 bits per heavy atom. The molecule has 6 heteroatoms. The quantitative estimate of drug-likeness (QED) is 0.651. The first-order valence-electron chi connectivity index (χ1n) is 10.2. The van der Waals surface area contributed by atoms with Gasteiger partial charge in [-0.1, -0.05) is 24.3 Å². The van der Waals surface area contributed by atoms with Crippen LogP contribution < -0.4 is 14.8 Å². The zero-order valence-corrected chi connectivity index (χ0v) is 17.4. The van der Waals surface area contributed by atoms with Gasteiger partial charge in [0.05, 0.1) is 7.11 Å². The molecule has 0 bridgehead atoms. The molecule has 4 rings (SSSR count). The molecule has 1 aliphatic rings. The Morgan fingerprint density at radius 3 is 2.55 bits per heavy atom. The van der Waals surface area contributed by atoms with Crippen molar-refractivity contribution in [1.82, 2.24) is 10.2 Å². The molecule has 0 saturated carbocycles. The number of amides is 1. The zero-order valence-electron chi connectivity index (χ0n) is 17.4. The molecule has 0 spiro atoms. The highest BCUT2D eigenvalue weighted by Gasteiger charge is 2.18. The van der Waals surface area contributed by atoms with Gasteiger partial charge in [-0.15, -0.1) is 0 Å². The first-order valence-corrected chi connectivity index (χ1v) is 10.2. The molecule has 31 heavy (non-hydrogen) atoms. The van der Waals surface area contributed by atoms with Crippen molar-refractivity contribution >= 4 is 5.91 Å². The van der Waals surface area contributed by atoms with Crippen molar-refractivity contribution in [3.8, 4) is 11.5 Å². The number of ether oxygens (including phenoxy) is 2. The Kier molecular flexibility index (Phi) is 6.48. The number of methoxy groups -OCH3 is 1. The Bertz CT molecular complexity index is 1040. The largest absolute Gasteiger partial charge is 0.497 e. The molecule has 1 N–H and O–H groups in total. The summed E-state index contributed by atoms with van der Waals surface area (Å²) in [6.07, 6.45) is 0. The number of rotatable bonds is 6. The molecule has 5 nitrogen and oxygen atoms in total. The van der Waals surface area contributed by atoms with E-state index in [0.717, 1.165) is 35.7 Å². The van der Waals surface area contributed by atoms with E-state index in [9.17, 15) is 9.18 Å². The van der Waals surface area contributed by atoms with E-state index in [2.05, 4.69) is 22.3 Å². The molecule has 3 aromatic rings. The van der Waals surface area contributed by atoms with Gasteiger partial charge in [0.15, 0.2) is 0 Å². The number of nitrogens with one attached hydrogen (secondary N) is 1. The molecule has 0 saturated heterocycles. The van der Waals surface area contributed by atoms with Crippen LogP contribution >= 0.6 is 0 Å². The molecule has 160 valence electrons. The standard InChI is InChI=1S/C25H25FN2O3/c1-30-23-9-4-19(5-10-23)16-28-12-13-31-24-11-6-20(14-21(24)17-28)25(29)27-15-18-2-7-22(26)8-3-18/h2-11,14H,12-13,15-17H2,1H3,(H,27,29). The fraction of sp³-hybridized carbons (Fsp3) is 0.240. The highest BCUT2D eigenvalue weighted by atomic mass is 19.1. The zero-order chi connectivity index (χ0) is 21.6. The van der Waals surface area contributed by atoms with Crippen LogP contribution in [0.2, 0.25) is 0 Å². The van der Waals surface area contributed by atoms with Gasteiger partial charge in [0.25, 0.3) is 5.91 Å². The van der Waals surface area contributed by atoms with Crippen molar-refractivity contribution in [3.05, 3.63) is 94.8 Å². The van der Waals surface area contributed by atoms with E-state index < -0.39 is 0 Å². The minimum absolute atomic E-state index is 0.168. The Hall–Kier alpha value is -3.38. The summed E-state index contributed by atoms with van der Waals surface area (Å²) < 4.78 is 24.2. The van der Waals surface area contributed by atoms with Gasteiger partial charge in [-0.2, -0.15) is 0 Å². The Labute approximate surface area is 181 Å². The Morgan fingerprint density at radius 2 is 1.81 bits per heavy atom. The maximum Gasteiger partial charge on any atom is 0.251 e. The van der Waals surface area contributed by atoms with Crippen LogP contribution in [0.4, 0.5) is 4.39 Å². The number of carbonyl (C=O) groups excluding carboxylic acids is 1. The topological polar surface area (TPSA) is 50.8 Å². The molecule has 0 aromatic heterocycles. The highest BCUT2D eigenvalue weighted by molar-refractivity contribution is 5.94. The Balaban J connectivity index is 1.42. The van der Waals surface area contributed by atoms with Crippen molar-refractivity contribution in [2.24, 2.45) is 0 Å². The highest BCUT2D eigenvalue weighted by Crippen LogP contribution is 2.25. The fourth-order valence-electron chi connectivity index (χ4n) is 3.60. The van der Waals surface area contributed by atoms with Crippen LogP contribution in [0.15, 0.2) is 66.7 Å². The average molecular weight is 420 g/mol. The van der Waals surface area contributed by atoms with E-state index in [1.54, 1.807) is 25.3 Å². The number of hydrogen-bond donors (Lipinski definition) is 1. The second-order valence-corrected chi connectivity index (χ2v) is 7.54. The lowest BCUT2D eigenvalue weighted by Crippen LogP contribution is -2.25. The molecular formula is C25H25FN2O3. The third-order valence-corrected chi connectivity index (χ3v) is 5.31. The molecule has 3 aromatic carbocycles. The average Bonchev–Trinajstić information content (AvgIpc) is 3.00. The monoisotopic (exact) mass is 420 g/mol. The number of benzene rings is 3. The van der Waals surface area contributed by atoms with Crippen molar-refractivity contribution in [2.45, 2.75) is 19.6 Å². The van der Waals surface area contributed by atoms with Gasteiger partial charge in [-0.3, -0.25) is 9.69 Å². The van der Waals surface area contributed by atoms with E-state index >= 15 is 0 Å². The van der Waals surface area contributed by atoms with E-state index in [1.807, 2.05) is 24.3 Å². The molecule has 0 radical (unpaired) electrons. The van der Waals surface area contributed by atoms with Crippen LogP contribution in [0.3, 0.4) is 0 Å². The first-order chi connectivity index (χ1) is 15.1.